The maximum absolute atomic E-state index is 13.1. The SMILES string of the molecule is O=C1NC(=O)N(c2ccccc2Cl)C(=O)/C1=C/c1ccccc1OCc1ccc(Br)cc1. The Bertz CT molecular complexity index is 1240. The third-order valence-corrected chi connectivity index (χ3v) is 5.57. The highest BCUT2D eigenvalue weighted by molar-refractivity contribution is 9.10. The highest BCUT2D eigenvalue weighted by atomic mass is 79.9. The van der Waals surface area contributed by atoms with Crippen LogP contribution in [-0.4, -0.2) is 17.8 Å². The summed E-state index contributed by atoms with van der Waals surface area (Å²) in [6.07, 6.45) is 1.41. The van der Waals surface area contributed by atoms with Crippen LogP contribution in [0.5, 0.6) is 5.75 Å². The van der Waals surface area contributed by atoms with Crippen molar-refractivity contribution in [3.63, 3.8) is 0 Å². The highest BCUT2D eigenvalue weighted by Crippen LogP contribution is 2.30. The lowest BCUT2D eigenvalue weighted by atomic mass is 10.1. The number of rotatable bonds is 5. The molecule has 1 fully saturated rings. The average Bonchev–Trinajstić information content (AvgIpc) is 2.78. The molecule has 3 aromatic rings. The maximum Gasteiger partial charge on any atom is 0.335 e. The molecule has 4 amide bonds. The Morgan fingerprint density at radius 1 is 0.938 bits per heavy atom. The fraction of sp³-hybridized carbons (Fsp3) is 0.0417. The summed E-state index contributed by atoms with van der Waals surface area (Å²) in [5.41, 5.74) is 1.47. The molecule has 0 spiro atoms. The zero-order valence-electron chi connectivity index (χ0n) is 16.5. The van der Waals surface area contributed by atoms with Crippen molar-refractivity contribution < 1.29 is 19.1 Å². The van der Waals surface area contributed by atoms with Crippen LogP contribution >= 0.6 is 27.5 Å². The highest BCUT2D eigenvalue weighted by Gasteiger charge is 2.37. The van der Waals surface area contributed by atoms with E-state index in [2.05, 4.69) is 21.2 Å². The third kappa shape index (κ3) is 4.59. The summed E-state index contributed by atoms with van der Waals surface area (Å²) in [4.78, 5) is 38.8. The Morgan fingerprint density at radius 3 is 2.38 bits per heavy atom. The van der Waals surface area contributed by atoms with Gasteiger partial charge in [-0.25, -0.2) is 9.69 Å². The van der Waals surface area contributed by atoms with E-state index < -0.39 is 17.8 Å². The van der Waals surface area contributed by atoms with Crippen LogP contribution in [0.1, 0.15) is 11.1 Å². The summed E-state index contributed by atoms with van der Waals surface area (Å²) in [6, 6.07) is 20.3. The van der Waals surface area contributed by atoms with Crippen molar-refractivity contribution in [2.45, 2.75) is 6.61 Å². The first-order chi connectivity index (χ1) is 15.4. The number of benzene rings is 3. The molecule has 0 radical (unpaired) electrons. The predicted molar refractivity (Wildman–Crippen MR) is 125 cm³/mol. The van der Waals surface area contributed by atoms with Crippen LogP contribution in [0.25, 0.3) is 6.08 Å². The first kappa shape index (κ1) is 21.8. The van der Waals surface area contributed by atoms with Gasteiger partial charge in [0.25, 0.3) is 11.8 Å². The van der Waals surface area contributed by atoms with Crippen LogP contribution in [0.4, 0.5) is 10.5 Å². The third-order valence-electron chi connectivity index (χ3n) is 4.72. The molecule has 1 N–H and O–H groups in total. The van der Waals surface area contributed by atoms with E-state index in [9.17, 15) is 14.4 Å². The van der Waals surface area contributed by atoms with Crippen molar-refractivity contribution in [3.8, 4) is 5.75 Å². The van der Waals surface area contributed by atoms with Crippen molar-refractivity contribution in [2.24, 2.45) is 0 Å². The number of nitrogens with one attached hydrogen (secondary N) is 1. The fourth-order valence-corrected chi connectivity index (χ4v) is 3.62. The molecule has 0 aromatic heterocycles. The Hall–Kier alpha value is -3.42. The van der Waals surface area contributed by atoms with E-state index in [-0.39, 0.29) is 16.3 Å². The van der Waals surface area contributed by atoms with Gasteiger partial charge < -0.3 is 4.74 Å². The lowest BCUT2D eigenvalue weighted by Crippen LogP contribution is -2.54. The lowest BCUT2D eigenvalue weighted by molar-refractivity contribution is -0.122. The number of amides is 4. The minimum Gasteiger partial charge on any atom is -0.488 e. The minimum atomic E-state index is -0.856. The van der Waals surface area contributed by atoms with Crippen LogP contribution in [0.15, 0.2) is 82.8 Å². The lowest BCUT2D eigenvalue weighted by Gasteiger charge is -2.27. The van der Waals surface area contributed by atoms with E-state index in [1.54, 1.807) is 42.5 Å². The number of barbiturate groups is 1. The summed E-state index contributed by atoms with van der Waals surface area (Å²) in [6.45, 7) is 0.303. The number of carbonyl (C=O) groups is 3. The zero-order valence-corrected chi connectivity index (χ0v) is 18.9. The number of urea groups is 1. The van der Waals surface area contributed by atoms with E-state index in [1.807, 2.05) is 24.3 Å². The van der Waals surface area contributed by atoms with Gasteiger partial charge in [0.2, 0.25) is 0 Å². The molecule has 6 nitrogen and oxygen atoms in total. The second kappa shape index (κ2) is 9.38. The standard InChI is InChI=1S/C24H16BrClN2O4/c25-17-11-9-15(10-12-17)14-32-21-8-4-1-5-16(21)13-18-22(29)27-24(31)28(23(18)30)20-7-3-2-6-19(20)26/h1-13H,14H2,(H,27,29,31)/b18-13+. The van der Waals surface area contributed by atoms with Gasteiger partial charge in [0.1, 0.15) is 17.9 Å². The van der Waals surface area contributed by atoms with Gasteiger partial charge in [-0.1, -0.05) is 70.0 Å². The molecule has 1 heterocycles. The van der Waals surface area contributed by atoms with Gasteiger partial charge in [0, 0.05) is 10.0 Å². The van der Waals surface area contributed by atoms with Crippen molar-refractivity contribution >= 4 is 57.1 Å². The van der Waals surface area contributed by atoms with Crippen molar-refractivity contribution in [3.05, 3.63) is 99.0 Å². The largest absolute Gasteiger partial charge is 0.488 e. The van der Waals surface area contributed by atoms with Crippen LogP contribution in [0, 0.1) is 0 Å². The van der Waals surface area contributed by atoms with E-state index >= 15 is 0 Å². The number of hydrogen-bond donors (Lipinski definition) is 1. The molecule has 32 heavy (non-hydrogen) atoms. The Kier molecular flexibility index (Phi) is 6.39. The predicted octanol–water partition coefficient (Wildman–Crippen LogP) is 5.35. The second-order valence-corrected chi connectivity index (χ2v) is 8.19. The number of imide groups is 2. The van der Waals surface area contributed by atoms with Crippen LogP contribution in [0.2, 0.25) is 5.02 Å². The fourth-order valence-electron chi connectivity index (χ4n) is 3.14. The molecule has 3 aromatic carbocycles. The molecule has 0 saturated carbocycles. The van der Waals surface area contributed by atoms with Gasteiger partial charge in [-0.05, 0) is 42.0 Å². The van der Waals surface area contributed by atoms with Gasteiger partial charge in [-0.15, -0.1) is 0 Å². The normalized spacial score (nSPS) is 15.1. The molecular formula is C24H16BrClN2O4. The number of nitrogens with zero attached hydrogens (tertiary/aromatic N) is 1. The van der Waals surface area contributed by atoms with Crippen molar-refractivity contribution in [2.75, 3.05) is 4.90 Å². The van der Waals surface area contributed by atoms with Crippen molar-refractivity contribution in [1.82, 2.24) is 5.32 Å². The van der Waals surface area contributed by atoms with Crippen LogP contribution in [0.3, 0.4) is 0 Å². The van der Waals surface area contributed by atoms with E-state index in [0.29, 0.717) is 17.9 Å². The van der Waals surface area contributed by atoms with E-state index in [1.165, 1.54) is 12.1 Å². The first-order valence-electron chi connectivity index (χ1n) is 9.56. The molecule has 1 aliphatic rings. The van der Waals surface area contributed by atoms with E-state index in [4.69, 9.17) is 16.3 Å². The topological polar surface area (TPSA) is 75.7 Å². The minimum absolute atomic E-state index is 0.190. The Labute approximate surface area is 197 Å². The summed E-state index contributed by atoms with van der Waals surface area (Å²) < 4.78 is 6.89. The molecule has 0 aliphatic carbocycles. The quantitative estimate of drug-likeness (QED) is 0.370. The van der Waals surface area contributed by atoms with Gasteiger partial charge in [0.15, 0.2) is 0 Å². The van der Waals surface area contributed by atoms with Gasteiger partial charge in [-0.3, -0.25) is 14.9 Å². The number of para-hydroxylation sites is 2. The smallest absolute Gasteiger partial charge is 0.335 e. The first-order valence-corrected chi connectivity index (χ1v) is 10.7. The number of carbonyl (C=O) groups excluding carboxylic acids is 3. The number of hydrogen-bond acceptors (Lipinski definition) is 4. The van der Waals surface area contributed by atoms with E-state index in [0.717, 1.165) is 14.9 Å². The number of halogens is 2. The molecule has 4 rings (SSSR count). The molecule has 0 bridgehead atoms. The molecule has 0 unspecified atom stereocenters. The molecule has 1 saturated heterocycles. The Balaban J connectivity index is 1.64. The van der Waals surface area contributed by atoms with Gasteiger partial charge in [-0.2, -0.15) is 0 Å². The molecule has 1 aliphatic heterocycles. The molecular weight excluding hydrogens is 496 g/mol. The zero-order chi connectivity index (χ0) is 22.7. The molecule has 160 valence electrons. The number of ether oxygens (including phenoxy) is 1. The Morgan fingerprint density at radius 2 is 1.62 bits per heavy atom. The summed E-state index contributed by atoms with van der Waals surface area (Å²) in [5, 5.41) is 2.40. The maximum atomic E-state index is 13.1. The summed E-state index contributed by atoms with van der Waals surface area (Å²) >= 11 is 9.56. The van der Waals surface area contributed by atoms with Crippen LogP contribution < -0.4 is 15.0 Å². The second-order valence-electron chi connectivity index (χ2n) is 6.86. The number of anilines is 1. The molecule has 8 heteroatoms. The summed E-state index contributed by atoms with van der Waals surface area (Å²) in [5.74, 6) is -1.06. The average molecular weight is 512 g/mol. The van der Waals surface area contributed by atoms with Gasteiger partial charge in [0.05, 0.1) is 10.7 Å². The monoisotopic (exact) mass is 510 g/mol. The van der Waals surface area contributed by atoms with Gasteiger partial charge >= 0.3 is 6.03 Å². The molecule has 0 atom stereocenters. The summed E-state index contributed by atoms with van der Waals surface area (Å²) in [7, 11) is 0. The van der Waals surface area contributed by atoms with Crippen molar-refractivity contribution in [1.29, 1.82) is 0 Å². The van der Waals surface area contributed by atoms with Crippen LogP contribution in [-0.2, 0) is 16.2 Å².